The number of halogens is 1. The molecule has 1 aromatic rings. The second-order valence-electron chi connectivity index (χ2n) is 2.47. The molecule has 11 heavy (non-hydrogen) atoms. The maximum absolute atomic E-state index is 13.1. The van der Waals surface area contributed by atoms with E-state index in [0.717, 1.165) is 5.56 Å². The van der Waals surface area contributed by atoms with Gasteiger partial charge in [0.25, 0.3) is 0 Å². The second kappa shape index (κ2) is 2.82. The van der Waals surface area contributed by atoms with E-state index < -0.39 is 0 Å². The van der Waals surface area contributed by atoms with Gasteiger partial charge >= 0.3 is 0 Å². The van der Waals surface area contributed by atoms with Gasteiger partial charge in [-0.3, -0.25) is 4.98 Å². The molecule has 0 radical (unpaired) electrons. The summed E-state index contributed by atoms with van der Waals surface area (Å²) in [4.78, 5) is 3.86. The Morgan fingerprint density at radius 3 is 2.73 bits per heavy atom. The van der Waals surface area contributed by atoms with E-state index in [4.69, 9.17) is 0 Å². The molecule has 0 saturated carbocycles. The third-order valence-electron chi connectivity index (χ3n) is 1.74. The van der Waals surface area contributed by atoms with Gasteiger partial charge < -0.3 is 0 Å². The van der Waals surface area contributed by atoms with Gasteiger partial charge in [0.2, 0.25) is 0 Å². The highest BCUT2D eigenvalue weighted by atomic mass is 19.1. The highest BCUT2D eigenvalue weighted by Crippen LogP contribution is 2.13. The first-order valence-corrected chi connectivity index (χ1v) is 3.41. The van der Waals surface area contributed by atoms with Crippen molar-refractivity contribution in [2.45, 2.75) is 13.8 Å². The summed E-state index contributed by atoms with van der Waals surface area (Å²) in [6, 6.07) is 0. The van der Waals surface area contributed by atoms with Gasteiger partial charge in [0.1, 0.15) is 0 Å². The average molecular weight is 151 g/mol. The number of hydrogen-bond acceptors (Lipinski definition) is 1. The molecular weight excluding hydrogens is 141 g/mol. The van der Waals surface area contributed by atoms with Crippen LogP contribution in [0.1, 0.15) is 16.8 Å². The topological polar surface area (TPSA) is 12.9 Å². The van der Waals surface area contributed by atoms with Crippen molar-refractivity contribution in [1.82, 2.24) is 4.98 Å². The van der Waals surface area contributed by atoms with Gasteiger partial charge in [-0.15, -0.1) is 0 Å². The Balaban J connectivity index is 3.36. The van der Waals surface area contributed by atoms with Crippen molar-refractivity contribution in [3.8, 4) is 0 Å². The Kier molecular flexibility index (Phi) is 2.03. The lowest BCUT2D eigenvalue weighted by Gasteiger charge is -2.02. The molecule has 0 aliphatic heterocycles. The van der Waals surface area contributed by atoms with Crippen molar-refractivity contribution in [1.29, 1.82) is 0 Å². The number of rotatable bonds is 1. The van der Waals surface area contributed by atoms with Crippen LogP contribution in [0.15, 0.2) is 12.8 Å². The van der Waals surface area contributed by atoms with E-state index in [-0.39, 0.29) is 5.82 Å². The molecule has 0 spiro atoms. The van der Waals surface area contributed by atoms with Crippen molar-refractivity contribution in [2.75, 3.05) is 0 Å². The Bertz CT molecular complexity index is 292. The standard InChI is InChI=1S/C9H10FN/c1-4-8-9(10)7(3)6(2)5-11-8/h4-5H,1H2,2-3H3. The van der Waals surface area contributed by atoms with Crippen LogP contribution in [0.5, 0.6) is 0 Å². The van der Waals surface area contributed by atoms with Crippen LogP contribution in [0, 0.1) is 19.7 Å². The van der Waals surface area contributed by atoms with Gasteiger partial charge in [-0.25, -0.2) is 4.39 Å². The van der Waals surface area contributed by atoms with E-state index in [0.29, 0.717) is 11.3 Å². The molecule has 1 rings (SSSR count). The third kappa shape index (κ3) is 1.29. The molecule has 0 fully saturated rings. The molecule has 0 amide bonds. The van der Waals surface area contributed by atoms with Crippen LogP contribution in [0.3, 0.4) is 0 Å². The SMILES string of the molecule is C=Cc1ncc(C)c(C)c1F. The molecular formula is C9H10FN. The Morgan fingerprint density at radius 1 is 1.55 bits per heavy atom. The lowest BCUT2D eigenvalue weighted by Crippen LogP contribution is -1.94. The molecule has 0 bridgehead atoms. The summed E-state index contributed by atoms with van der Waals surface area (Å²) in [5.41, 5.74) is 1.84. The zero-order valence-corrected chi connectivity index (χ0v) is 6.69. The molecule has 0 aliphatic carbocycles. The molecule has 0 saturated heterocycles. The molecule has 0 aromatic carbocycles. The van der Waals surface area contributed by atoms with Gasteiger partial charge in [-0.05, 0) is 31.1 Å². The normalized spacial score (nSPS) is 9.73. The largest absolute Gasteiger partial charge is 0.254 e. The minimum Gasteiger partial charge on any atom is -0.254 e. The summed E-state index contributed by atoms with van der Waals surface area (Å²) in [5, 5.41) is 0. The fraction of sp³-hybridized carbons (Fsp3) is 0.222. The van der Waals surface area contributed by atoms with Crippen molar-refractivity contribution in [3.05, 3.63) is 35.4 Å². The van der Waals surface area contributed by atoms with Crippen LogP contribution < -0.4 is 0 Å². The van der Waals surface area contributed by atoms with Crippen LogP contribution >= 0.6 is 0 Å². The third-order valence-corrected chi connectivity index (χ3v) is 1.74. The lowest BCUT2D eigenvalue weighted by molar-refractivity contribution is 0.606. The van der Waals surface area contributed by atoms with Crippen LogP contribution in [-0.2, 0) is 0 Å². The summed E-state index contributed by atoms with van der Waals surface area (Å²) >= 11 is 0. The van der Waals surface area contributed by atoms with Gasteiger partial charge in [0.05, 0.1) is 5.69 Å². The molecule has 0 unspecified atom stereocenters. The first kappa shape index (κ1) is 7.92. The van der Waals surface area contributed by atoms with Crippen molar-refractivity contribution in [3.63, 3.8) is 0 Å². The second-order valence-corrected chi connectivity index (χ2v) is 2.47. The van der Waals surface area contributed by atoms with Gasteiger partial charge in [-0.2, -0.15) is 0 Å². The molecule has 1 aromatic heterocycles. The lowest BCUT2D eigenvalue weighted by atomic mass is 10.1. The van der Waals surface area contributed by atoms with Crippen molar-refractivity contribution >= 4 is 6.08 Å². The maximum Gasteiger partial charge on any atom is 0.151 e. The molecule has 58 valence electrons. The quantitative estimate of drug-likeness (QED) is 0.600. The van der Waals surface area contributed by atoms with Crippen LogP contribution in [0.4, 0.5) is 4.39 Å². The van der Waals surface area contributed by atoms with E-state index in [1.807, 2.05) is 6.92 Å². The number of aromatic nitrogens is 1. The van der Waals surface area contributed by atoms with E-state index >= 15 is 0 Å². The number of nitrogens with zero attached hydrogens (tertiary/aromatic N) is 1. The first-order valence-electron chi connectivity index (χ1n) is 3.41. The fourth-order valence-electron chi connectivity index (χ4n) is 0.827. The molecule has 0 N–H and O–H groups in total. The number of aryl methyl sites for hydroxylation is 1. The summed E-state index contributed by atoms with van der Waals surface area (Å²) < 4.78 is 13.1. The fourth-order valence-corrected chi connectivity index (χ4v) is 0.827. The summed E-state index contributed by atoms with van der Waals surface area (Å²) in [5.74, 6) is -0.264. The Labute approximate surface area is 65.6 Å². The number of pyridine rings is 1. The summed E-state index contributed by atoms with van der Waals surface area (Å²) in [6.07, 6.45) is 3.07. The first-order chi connectivity index (χ1) is 5.16. The van der Waals surface area contributed by atoms with Gasteiger partial charge in [0, 0.05) is 6.20 Å². The maximum atomic E-state index is 13.1. The highest BCUT2D eigenvalue weighted by Gasteiger charge is 2.04. The minimum atomic E-state index is -0.264. The highest BCUT2D eigenvalue weighted by molar-refractivity contribution is 5.45. The van der Waals surface area contributed by atoms with Gasteiger partial charge in [0.15, 0.2) is 5.82 Å². The van der Waals surface area contributed by atoms with Crippen LogP contribution in [0.25, 0.3) is 6.08 Å². The predicted octanol–water partition coefficient (Wildman–Crippen LogP) is 2.48. The molecule has 1 nitrogen and oxygen atoms in total. The summed E-state index contributed by atoms with van der Waals surface area (Å²) in [6.45, 7) is 7.03. The van der Waals surface area contributed by atoms with E-state index in [1.54, 1.807) is 13.1 Å². The number of hydrogen-bond donors (Lipinski definition) is 0. The monoisotopic (exact) mass is 151 g/mol. The van der Waals surface area contributed by atoms with E-state index in [1.165, 1.54) is 6.08 Å². The predicted molar refractivity (Wildman–Crippen MR) is 43.8 cm³/mol. The van der Waals surface area contributed by atoms with Crippen LogP contribution in [0.2, 0.25) is 0 Å². The Hall–Kier alpha value is -1.18. The van der Waals surface area contributed by atoms with Crippen molar-refractivity contribution < 1.29 is 4.39 Å². The smallest absolute Gasteiger partial charge is 0.151 e. The zero-order chi connectivity index (χ0) is 8.43. The Morgan fingerprint density at radius 2 is 2.18 bits per heavy atom. The molecule has 2 heteroatoms. The summed E-state index contributed by atoms with van der Waals surface area (Å²) in [7, 11) is 0. The zero-order valence-electron chi connectivity index (χ0n) is 6.69. The average Bonchev–Trinajstić information content (AvgIpc) is 2.01. The van der Waals surface area contributed by atoms with E-state index in [2.05, 4.69) is 11.6 Å². The molecule has 1 heterocycles. The van der Waals surface area contributed by atoms with Gasteiger partial charge in [-0.1, -0.05) is 6.58 Å². The molecule has 0 atom stereocenters. The minimum absolute atomic E-state index is 0.264. The molecule has 0 aliphatic rings. The van der Waals surface area contributed by atoms with Crippen molar-refractivity contribution in [2.24, 2.45) is 0 Å². The van der Waals surface area contributed by atoms with Crippen LogP contribution in [-0.4, -0.2) is 4.98 Å². The van der Waals surface area contributed by atoms with E-state index in [9.17, 15) is 4.39 Å².